The second kappa shape index (κ2) is 10.5. The van der Waals surface area contributed by atoms with E-state index in [0.29, 0.717) is 17.7 Å². The van der Waals surface area contributed by atoms with Crippen LogP contribution in [0.15, 0.2) is 58.2 Å². The summed E-state index contributed by atoms with van der Waals surface area (Å²) in [6.07, 6.45) is 0.751. The van der Waals surface area contributed by atoms with Gasteiger partial charge in [0.05, 0.1) is 12.9 Å². The third-order valence-electron chi connectivity index (χ3n) is 4.02. The van der Waals surface area contributed by atoms with Crippen LogP contribution >= 0.6 is 11.8 Å². The number of carbonyl (C=O) groups is 1. The molecule has 0 saturated heterocycles. The number of thioether (sulfide) groups is 1. The molecule has 0 saturated carbocycles. The van der Waals surface area contributed by atoms with Gasteiger partial charge in [0.2, 0.25) is 5.91 Å². The fraction of sp³-hybridized carbons (Fsp3) is 0.286. The zero-order chi connectivity index (χ0) is 20.5. The molecular formula is C21H23N3O4S. The summed E-state index contributed by atoms with van der Waals surface area (Å²) in [5.41, 5.74) is 2.25. The van der Waals surface area contributed by atoms with E-state index in [1.165, 1.54) is 11.8 Å². The van der Waals surface area contributed by atoms with Crippen molar-refractivity contribution in [1.82, 2.24) is 15.5 Å². The second-order valence-electron chi connectivity index (χ2n) is 6.30. The molecule has 3 aromatic rings. The summed E-state index contributed by atoms with van der Waals surface area (Å²) in [6.45, 7) is 2.74. The van der Waals surface area contributed by atoms with Gasteiger partial charge in [-0.2, -0.15) is 0 Å². The number of amides is 1. The normalized spacial score (nSPS) is 10.6. The van der Waals surface area contributed by atoms with Crippen LogP contribution in [0.2, 0.25) is 0 Å². The molecule has 3 rings (SSSR count). The van der Waals surface area contributed by atoms with Crippen LogP contribution in [0.4, 0.5) is 0 Å². The molecule has 1 amide bonds. The molecule has 0 aliphatic heterocycles. The number of hydrogen-bond donors (Lipinski definition) is 1. The number of methoxy groups -OCH3 is 1. The molecule has 2 aromatic carbocycles. The standard InChI is InChI=1S/C21H23N3O4S/c1-15-4-3-5-18(12-15)27-13-20-23-24-21(28-20)29-14-19(25)22-11-10-16-6-8-17(26-2)9-7-16/h3-9,12H,10-11,13-14H2,1-2H3,(H,22,25). The Hall–Kier alpha value is -3.00. The summed E-state index contributed by atoms with van der Waals surface area (Å²) < 4.78 is 16.3. The molecule has 0 aliphatic rings. The van der Waals surface area contributed by atoms with Crippen LogP contribution in [-0.4, -0.2) is 35.5 Å². The maximum absolute atomic E-state index is 12.0. The number of nitrogens with zero attached hydrogens (tertiary/aromatic N) is 2. The Morgan fingerprint density at radius 2 is 1.97 bits per heavy atom. The lowest BCUT2D eigenvalue weighted by Crippen LogP contribution is -2.27. The Balaban J connectivity index is 1.35. The summed E-state index contributed by atoms with van der Waals surface area (Å²) in [7, 11) is 1.64. The summed E-state index contributed by atoms with van der Waals surface area (Å²) in [6, 6.07) is 15.5. The average Bonchev–Trinajstić information content (AvgIpc) is 3.19. The number of ether oxygens (including phenoxy) is 2. The predicted octanol–water partition coefficient (Wildman–Crippen LogP) is 3.42. The Kier molecular flexibility index (Phi) is 7.52. The van der Waals surface area contributed by atoms with E-state index in [-0.39, 0.29) is 18.3 Å². The Morgan fingerprint density at radius 3 is 2.72 bits per heavy atom. The highest BCUT2D eigenvalue weighted by atomic mass is 32.2. The van der Waals surface area contributed by atoms with Crippen molar-refractivity contribution in [2.75, 3.05) is 19.4 Å². The van der Waals surface area contributed by atoms with E-state index in [4.69, 9.17) is 13.9 Å². The largest absolute Gasteiger partial charge is 0.497 e. The maximum Gasteiger partial charge on any atom is 0.277 e. The number of nitrogens with one attached hydrogen (secondary N) is 1. The highest BCUT2D eigenvalue weighted by molar-refractivity contribution is 7.99. The highest BCUT2D eigenvalue weighted by Gasteiger charge is 2.10. The van der Waals surface area contributed by atoms with Crippen molar-refractivity contribution >= 4 is 17.7 Å². The van der Waals surface area contributed by atoms with Crippen molar-refractivity contribution < 1.29 is 18.7 Å². The zero-order valence-corrected chi connectivity index (χ0v) is 17.2. The first-order valence-corrected chi connectivity index (χ1v) is 10.2. The van der Waals surface area contributed by atoms with Crippen LogP contribution in [0.3, 0.4) is 0 Å². The van der Waals surface area contributed by atoms with E-state index >= 15 is 0 Å². The molecule has 0 fully saturated rings. The average molecular weight is 413 g/mol. The smallest absolute Gasteiger partial charge is 0.277 e. The molecule has 0 spiro atoms. The van der Waals surface area contributed by atoms with Crippen LogP contribution in [0.5, 0.6) is 11.5 Å². The fourth-order valence-electron chi connectivity index (χ4n) is 2.52. The zero-order valence-electron chi connectivity index (χ0n) is 16.4. The van der Waals surface area contributed by atoms with E-state index in [0.717, 1.165) is 29.0 Å². The van der Waals surface area contributed by atoms with Gasteiger partial charge in [0.25, 0.3) is 11.1 Å². The van der Waals surface area contributed by atoms with Crippen LogP contribution in [0.25, 0.3) is 0 Å². The lowest BCUT2D eigenvalue weighted by Gasteiger charge is -2.05. The summed E-state index contributed by atoms with van der Waals surface area (Å²) in [5, 5.41) is 11.1. The molecule has 0 aliphatic carbocycles. The predicted molar refractivity (Wildman–Crippen MR) is 110 cm³/mol. The summed E-state index contributed by atoms with van der Waals surface area (Å²) in [4.78, 5) is 12.0. The lowest BCUT2D eigenvalue weighted by molar-refractivity contribution is -0.118. The lowest BCUT2D eigenvalue weighted by atomic mass is 10.1. The third-order valence-corrected chi connectivity index (χ3v) is 4.84. The van der Waals surface area contributed by atoms with Gasteiger partial charge in [0, 0.05) is 6.54 Å². The van der Waals surface area contributed by atoms with Gasteiger partial charge in [-0.1, -0.05) is 36.0 Å². The van der Waals surface area contributed by atoms with Crippen LogP contribution in [0.1, 0.15) is 17.0 Å². The minimum Gasteiger partial charge on any atom is -0.497 e. The molecule has 0 radical (unpaired) electrons. The van der Waals surface area contributed by atoms with Gasteiger partial charge in [-0.15, -0.1) is 10.2 Å². The molecule has 0 bridgehead atoms. The van der Waals surface area contributed by atoms with Gasteiger partial charge in [0.1, 0.15) is 11.5 Å². The first kappa shape index (κ1) is 20.7. The van der Waals surface area contributed by atoms with E-state index in [9.17, 15) is 4.79 Å². The quantitative estimate of drug-likeness (QED) is 0.510. The molecule has 8 heteroatoms. The summed E-state index contributed by atoms with van der Waals surface area (Å²) in [5.74, 6) is 2.06. The van der Waals surface area contributed by atoms with Crippen molar-refractivity contribution in [3.05, 3.63) is 65.5 Å². The monoisotopic (exact) mass is 413 g/mol. The van der Waals surface area contributed by atoms with E-state index < -0.39 is 0 Å². The Morgan fingerprint density at radius 1 is 1.14 bits per heavy atom. The van der Waals surface area contributed by atoms with Crippen molar-refractivity contribution in [1.29, 1.82) is 0 Å². The number of carbonyl (C=O) groups excluding carboxylic acids is 1. The topological polar surface area (TPSA) is 86.5 Å². The van der Waals surface area contributed by atoms with E-state index in [1.54, 1.807) is 7.11 Å². The van der Waals surface area contributed by atoms with Crippen LogP contribution < -0.4 is 14.8 Å². The van der Waals surface area contributed by atoms with Crippen molar-refractivity contribution in [3.63, 3.8) is 0 Å². The van der Waals surface area contributed by atoms with Crippen molar-refractivity contribution in [2.24, 2.45) is 0 Å². The van der Waals surface area contributed by atoms with Gasteiger partial charge < -0.3 is 19.2 Å². The number of aryl methyl sites for hydroxylation is 1. The van der Waals surface area contributed by atoms with Gasteiger partial charge >= 0.3 is 0 Å². The molecule has 29 heavy (non-hydrogen) atoms. The molecule has 0 unspecified atom stereocenters. The van der Waals surface area contributed by atoms with Crippen LogP contribution in [0, 0.1) is 6.92 Å². The molecule has 1 heterocycles. The number of aromatic nitrogens is 2. The van der Waals surface area contributed by atoms with E-state index in [2.05, 4.69) is 15.5 Å². The molecule has 0 atom stereocenters. The van der Waals surface area contributed by atoms with Gasteiger partial charge in [-0.3, -0.25) is 4.79 Å². The number of hydrogen-bond acceptors (Lipinski definition) is 7. The van der Waals surface area contributed by atoms with Gasteiger partial charge in [-0.25, -0.2) is 0 Å². The maximum atomic E-state index is 12.0. The minimum atomic E-state index is -0.0840. The molecule has 1 aromatic heterocycles. The number of rotatable bonds is 10. The molecule has 1 N–H and O–H groups in total. The van der Waals surface area contributed by atoms with Gasteiger partial charge in [0.15, 0.2) is 6.61 Å². The number of benzene rings is 2. The van der Waals surface area contributed by atoms with Crippen molar-refractivity contribution in [2.45, 2.75) is 25.2 Å². The fourth-order valence-corrected chi connectivity index (χ4v) is 3.13. The summed E-state index contributed by atoms with van der Waals surface area (Å²) >= 11 is 1.20. The highest BCUT2D eigenvalue weighted by Crippen LogP contribution is 2.18. The first-order chi connectivity index (χ1) is 14.1. The molecule has 7 nitrogen and oxygen atoms in total. The van der Waals surface area contributed by atoms with E-state index in [1.807, 2.05) is 55.5 Å². The van der Waals surface area contributed by atoms with Gasteiger partial charge in [-0.05, 0) is 48.7 Å². The SMILES string of the molecule is COc1ccc(CCNC(=O)CSc2nnc(COc3cccc(C)c3)o2)cc1. The second-order valence-corrected chi connectivity index (χ2v) is 7.23. The molecule has 152 valence electrons. The Bertz CT molecular complexity index is 928. The Labute approximate surface area is 173 Å². The third kappa shape index (κ3) is 6.83. The van der Waals surface area contributed by atoms with Crippen molar-refractivity contribution in [3.8, 4) is 11.5 Å². The minimum absolute atomic E-state index is 0.0840. The van der Waals surface area contributed by atoms with Crippen LogP contribution in [-0.2, 0) is 17.8 Å². The molecular weight excluding hydrogens is 390 g/mol. The first-order valence-electron chi connectivity index (χ1n) is 9.16.